The summed E-state index contributed by atoms with van der Waals surface area (Å²) < 4.78 is 4.59. The summed E-state index contributed by atoms with van der Waals surface area (Å²) in [6.45, 7) is 2.26. The normalized spacial score (nSPS) is 11.5. The van der Waals surface area contributed by atoms with Crippen LogP contribution in [0, 0.1) is 0 Å². The van der Waals surface area contributed by atoms with Crippen LogP contribution in [0.5, 0.6) is 0 Å². The lowest BCUT2D eigenvalue weighted by atomic mass is 10.1. The predicted octanol–water partition coefficient (Wildman–Crippen LogP) is 5.97. The summed E-state index contributed by atoms with van der Waals surface area (Å²) in [5, 5.41) is 0. The minimum absolute atomic E-state index is 0.128. The molecular weight excluding hydrogens is 260 g/mol. The summed E-state index contributed by atoms with van der Waals surface area (Å²) in [5.74, 6) is -0.128. The van der Waals surface area contributed by atoms with E-state index < -0.39 is 0 Å². The Labute approximate surface area is 131 Å². The van der Waals surface area contributed by atoms with Crippen molar-refractivity contribution in [3.8, 4) is 0 Å². The number of hydrogen-bond donors (Lipinski definition) is 0. The molecule has 0 bridgehead atoms. The van der Waals surface area contributed by atoms with Crippen LogP contribution < -0.4 is 0 Å². The number of carbonyl (C=O) groups is 1. The van der Waals surface area contributed by atoms with Crippen molar-refractivity contribution in [3.63, 3.8) is 0 Å². The molecule has 0 heterocycles. The van der Waals surface area contributed by atoms with Gasteiger partial charge in [0.1, 0.15) is 0 Å². The highest BCUT2D eigenvalue weighted by Gasteiger charge is 1.95. The Hall–Kier alpha value is -1.05. The van der Waals surface area contributed by atoms with Gasteiger partial charge in [-0.3, -0.25) is 4.79 Å². The van der Waals surface area contributed by atoms with Gasteiger partial charge in [-0.1, -0.05) is 63.3 Å². The molecule has 122 valence electrons. The standard InChI is InChI=1S/C19H34O2/c1-3-4-5-6-7-8-9-10-11-12-13-14-15-16-17-18-19(20)21-2/h10-11,15-16H,3-9,12-14,17-18H2,1-2H3/b11-10+,16-15+. The lowest BCUT2D eigenvalue weighted by Gasteiger charge is -1.97. The van der Waals surface area contributed by atoms with Gasteiger partial charge < -0.3 is 4.74 Å². The molecule has 0 saturated heterocycles. The zero-order valence-corrected chi connectivity index (χ0v) is 14.1. The van der Waals surface area contributed by atoms with Crippen LogP contribution in [0.25, 0.3) is 0 Å². The largest absolute Gasteiger partial charge is 0.469 e. The Morgan fingerprint density at radius 3 is 1.90 bits per heavy atom. The average molecular weight is 294 g/mol. The van der Waals surface area contributed by atoms with Crippen molar-refractivity contribution in [1.82, 2.24) is 0 Å². The Kier molecular flexibility index (Phi) is 16.2. The number of hydrogen-bond acceptors (Lipinski definition) is 2. The van der Waals surface area contributed by atoms with E-state index in [1.807, 2.05) is 0 Å². The molecule has 0 fully saturated rings. The van der Waals surface area contributed by atoms with Crippen LogP contribution in [-0.4, -0.2) is 13.1 Å². The van der Waals surface area contributed by atoms with E-state index in [0.717, 1.165) is 19.3 Å². The van der Waals surface area contributed by atoms with Crippen LogP contribution in [0.15, 0.2) is 24.3 Å². The van der Waals surface area contributed by atoms with Crippen LogP contribution in [0.4, 0.5) is 0 Å². The van der Waals surface area contributed by atoms with E-state index in [-0.39, 0.29) is 5.97 Å². The number of carbonyl (C=O) groups excluding carboxylic acids is 1. The van der Waals surface area contributed by atoms with Crippen molar-refractivity contribution in [2.75, 3.05) is 7.11 Å². The molecule has 0 rings (SSSR count). The Bertz CT molecular complexity index is 279. The summed E-state index contributed by atoms with van der Waals surface area (Å²) in [6, 6.07) is 0. The lowest BCUT2D eigenvalue weighted by Crippen LogP contribution is -1.97. The highest BCUT2D eigenvalue weighted by molar-refractivity contribution is 5.69. The molecule has 0 radical (unpaired) electrons. The third-order valence-corrected chi connectivity index (χ3v) is 3.54. The van der Waals surface area contributed by atoms with Gasteiger partial charge >= 0.3 is 5.97 Å². The molecule has 0 atom stereocenters. The third-order valence-electron chi connectivity index (χ3n) is 3.54. The fourth-order valence-corrected chi connectivity index (χ4v) is 2.17. The van der Waals surface area contributed by atoms with E-state index in [1.54, 1.807) is 0 Å². The van der Waals surface area contributed by atoms with Gasteiger partial charge in [0.2, 0.25) is 0 Å². The van der Waals surface area contributed by atoms with E-state index in [9.17, 15) is 4.79 Å². The number of ether oxygens (including phenoxy) is 1. The number of unbranched alkanes of at least 4 members (excludes halogenated alkanes) is 8. The molecule has 0 unspecified atom stereocenters. The summed E-state index contributed by atoms with van der Waals surface area (Å²) in [7, 11) is 1.43. The molecule has 2 heteroatoms. The van der Waals surface area contributed by atoms with Gasteiger partial charge in [-0.05, 0) is 38.5 Å². The van der Waals surface area contributed by atoms with Crippen molar-refractivity contribution in [3.05, 3.63) is 24.3 Å². The second-order valence-corrected chi connectivity index (χ2v) is 5.54. The smallest absolute Gasteiger partial charge is 0.305 e. The van der Waals surface area contributed by atoms with Crippen LogP contribution in [0.3, 0.4) is 0 Å². The van der Waals surface area contributed by atoms with Crippen molar-refractivity contribution in [1.29, 1.82) is 0 Å². The van der Waals surface area contributed by atoms with E-state index >= 15 is 0 Å². The molecule has 0 aromatic carbocycles. The monoisotopic (exact) mass is 294 g/mol. The van der Waals surface area contributed by atoms with Gasteiger partial charge in [0.15, 0.2) is 0 Å². The van der Waals surface area contributed by atoms with Gasteiger partial charge in [0, 0.05) is 6.42 Å². The van der Waals surface area contributed by atoms with E-state index in [4.69, 9.17) is 0 Å². The summed E-state index contributed by atoms with van der Waals surface area (Å²) >= 11 is 0. The first-order valence-electron chi connectivity index (χ1n) is 8.68. The first-order chi connectivity index (χ1) is 10.3. The number of rotatable bonds is 14. The molecule has 0 spiro atoms. The predicted molar refractivity (Wildman–Crippen MR) is 91.4 cm³/mol. The second-order valence-electron chi connectivity index (χ2n) is 5.54. The first-order valence-corrected chi connectivity index (χ1v) is 8.68. The summed E-state index contributed by atoms with van der Waals surface area (Å²) in [6.07, 6.45) is 23.1. The molecule has 0 aliphatic rings. The van der Waals surface area contributed by atoms with E-state index in [1.165, 1.54) is 58.5 Å². The topological polar surface area (TPSA) is 26.3 Å². The molecule has 0 aliphatic heterocycles. The molecule has 21 heavy (non-hydrogen) atoms. The van der Waals surface area contributed by atoms with Crippen LogP contribution in [-0.2, 0) is 9.53 Å². The quantitative estimate of drug-likeness (QED) is 0.224. The Balaban J connectivity index is 3.21. The molecule has 0 N–H and O–H groups in total. The van der Waals surface area contributed by atoms with Gasteiger partial charge in [0.05, 0.1) is 7.11 Å². The Morgan fingerprint density at radius 2 is 1.29 bits per heavy atom. The van der Waals surface area contributed by atoms with Crippen LogP contribution >= 0.6 is 0 Å². The highest BCUT2D eigenvalue weighted by Crippen LogP contribution is 2.08. The van der Waals surface area contributed by atoms with Crippen molar-refractivity contribution in [2.24, 2.45) is 0 Å². The minimum atomic E-state index is -0.128. The molecule has 0 aromatic rings. The fourth-order valence-electron chi connectivity index (χ4n) is 2.17. The lowest BCUT2D eigenvalue weighted by molar-refractivity contribution is -0.140. The summed E-state index contributed by atoms with van der Waals surface area (Å²) in [4.78, 5) is 10.9. The average Bonchev–Trinajstić information content (AvgIpc) is 2.50. The van der Waals surface area contributed by atoms with E-state index in [0.29, 0.717) is 6.42 Å². The maximum atomic E-state index is 10.9. The summed E-state index contributed by atoms with van der Waals surface area (Å²) in [5.41, 5.74) is 0. The van der Waals surface area contributed by atoms with Crippen LogP contribution in [0.2, 0.25) is 0 Å². The maximum Gasteiger partial charge on any atom is 0.305 e. The van der Waals surface area contributed by atoms with Crippen LogP contribution in [0.1, 0.15) is 84.0 Å². The molecule has 0 saturated carbocycles. The SMILES string of the molecule is CCCCCCCC/C=C/CCC/C=C/CCC(=O)OC. The highest BCUT2D eigenvalue weighted by atomic mass is 16.5. The zero-order valence-electron chi connectivity index (χ0n) is 14.1. The van der Waals surface area contributed by atoms with E-state index in [2.05, 4.69) is 36.0 Å². The maximum absolute atomic E-state index is 10.9. The Morgan fingerprint density at radius 1 is 0.762 bits per heavy atom. The first kappa shape index (κ1) is 19.9. The molecule has 0 aromatic heterocycles. The molecule has 2 nitrogen and oxygen atoms in total. The van der Waals surface area contributed by atoms with Gasteiger partial charge in [-0.25, -0.2) is 0 Å². The van der Waals surface area contributed by atoms with Crippen molar-refractivity contribution >= 4 is 5.97 Å². The molecule has 0 aliphatic carbocycles. The minimum Gasteiger partial charge on any atom is -0.469 e. The zero-order chi connectivity index (χ0) is 15.6. The molecular formula is C19H34O2. The van der Waals surface area contributed by atoms with Crippen molar-refractivity contribution in [2.45, 2.75) is 84.0 Å². The third kappa shape index (κ3) is 16.9. The molecule has 0 amide bonds. The number of allylic oxidation sites excluding steroid dienone is 4. The van der Waals surface area contributed by atoms with Gasteiger partial charge in [0.25, 0.3) is 0 Å². The van der Waals surface area contributed by atoms with Gasteiger partial charge in [-0.15, -0.1) is 0 Å². The number of methoxy groups -OCH3 is 1. The second kappa shape index (κ2) is 17.0. The van der Waals surface area contributed by atoms with Crippen molar-refractivity contribution < 1.29 is 9.53 Å². The fraction of sp³-hybridized carbons (Fsp3) is 0.737. The number of esters is 1. The van der Waals surface area contributed by atoms with Gasteiger partial charge in [-0.2, -0.15) is 0 Å².